The monoisotopic (exact) mass is 540 g/mol. The molecule has 1 aliphatic heterocycles. The molecule has 2 N–H and O–H groups in total. The second kappa shape index (κ2) is 12.1. The van der Waals surface area contributed by atoms with Gasteiger partial charge in [-0.2, -0.15) is 0 Å². The molecule has 1 fully saturated rings. The number of nitrogens with zero attached hydrogens (tertiary/aromatic N) is 2. The van der Waals surface area contributed by atoms with Crippen molar-refractivity contribution < 1.29 is 18.7 Å². The second-order valence-corrected chi connectivity index (χ2v) is 9.88. The van der Waals surface area contributed by atoms with E-state index in [0.29, 0.717) is 66.5 Å². The molecule has 0 bridgehead atoms. The summed E-state index contributed by atoms with van der Waals surface area (Å²) in [5.74, 6) is 0.914. The molecule has 2 heterocycles. The third-order valence-electron chi connectivity index (χ3n) is 5.75. The fourth-order valence-electron chi connectivity index (χ4n) is 3.88. The highest BCUT2D eigenvalue weighted by atomic mass is 35.5. The Morgan fingerprint density at radius 3 is 2.54 bits per heavy atom. The first-order valence-electron chi connectivity index (χ1n) is 12.0. The van der Waals surface area contributed by atoms with E-state index in [0.717, 1.165) is 5.69 Å². The van der Waals surface area contributed by atoms with Crippen LogP contribution in [0.2, 0.25) is 5.02 Å². The maximum Gasteiger partial charge on any atom is 0.289 e. The molecule has 2 amide bonds. The van der Waals surface area contributed by atoms with Crippen molar-refractivity contribution in [3.8, 4) is 5.75 Å². The van der Waals surface area contributed by atoms with Crippen LogP contribution in [0.15, 0.2) is 65.3 Å². The Hall–Kier alpha value is -3.56. The number of carbonyl (C=O) groups excluding carboxylic acids is 2. The average molecular weight is 541 g/mol. The van der Waals surface area contributed by atoms with Crippen molar-refractivity contribution in [1.82, 2.24) is 10.2 Å². The quantitative estimate of drug-likeness (QED) is 0.405. The number of benzene rings is 2. The number of piperazine rings is 1. The minimum atomic E-state index is -0.336. The van der Waals surface area contributed by atoms with Crippen LogP contribution in [0.1, 0.15) is 34.8 Å². The van der Waals surface area contributed by atoms with Crippen LogP contribution in [-0.2, 0) is 0 Å². The molecule has 1 aromatic heterocycles. The molecule has 1 saturated heterocycles. The van der Waals surface area contributed by atoms with Crippen molar-refractivity contribution in [2.45, 2.75) is 13.8 Å². The van der Waals surface area contributed by atoms with Gasteiger partial charge in [0.05, 0.1) is 23.6 Å². The number of amides is 2. The van der Waals surface area contributed by atoms with Gasteiger partial charge in [-0.05, 0) is 66.7 Å². The number of ether oxygens (including phenoxy) is 1. The number of halogens is 1. The molecule has 0 atom stereocenters. The Kier molecular flexibility index (Phi) is 8.68. The number of carbonyl (C=O) groups is 2. The summed E-state index contributed by atoms with van der Waals surface area (Å²) in [5, 5.41) is 6.40. The van der Waals surface area contributed by atoms with E-state index < -0.39 is 0 Å². The van der Waals surface area contributed by atoms with Gasteiger partial charge < -0.3 is 24.3 Å². The largest absolute Gasteiger partial charge is 0.493 e. The normalized spacial score (nSPS) is 13.4. The maximum atomic E-state index is 12.7. The zero-order valence-corrected chi connectivity index (χ0v) is 22.3. The van der Waals surface area contributed by atoms with E-state index in [2.05, 4.69) is 29.4 Å². The Balaban J connectivity index is 1.30. The number of thiocarbonyl (C=S) groups is 1. The maximum absolute atomic E-state index is 12.7. The van der Waals surface area contributed by atoms with E-state index in [1.54, 1.807) is 41.3 Å². The van der Waals surface area contributed by atoms with Crippen LogP contribution in [0.4, 0.5) is 11.4 Å². The standard InChI is InChI=1S/C27H29ClN4O4S/c1-18(2)17-36-21-6-3-5-19(15-21)25(33)30-27(37)29-20-8-9-23(22(28)16-20)31-10-12-32(13-11-31)26(34)24-7-4-14-35-24/h3-9,14-16,18H,10-13,17H2,1-2H3,(H2,29,30,33,37). The molecule has 194 valence electrons. The summed E-state index contributed by atoms with van der Waals surface area (Å²) in [5.41, 5.74) is 1.97. The van der Waals surface area contributed by atoms with E-state index in [1.165, 1.54) is 6.26 Å². The molecular weight excluding hydrogens is 512 g/mol. The molecule has 0 radical (unpaired) electrons. The van der Waals surface area contributed by atoms with Gasteiger partial charge in [0.1, 0.15) is 5.75 Å². The van der Waals surface area contributed by atoms with Crippen molar-refractivity contribution >= 4 is 52.1 Å². The molecule has 3 aromatic rings. The van der Waals surface area contributed by atoms with E-state index in [-0.39, 0.29) is 16.9 Å². The molecule has 2 aromatic carbocycles. The summed E-state index contributed by atoms with van der Waals surface area (Å²) >= 11 is 11.9. The number of furan rings is 1. The van der Waals surface area contributed by atoms with Crippen molar-refractivity contribution in [1.29, 1.82) is 0 Å². The fourth-order valence-corrected chi connectivity index (χ4v) is 4.39. The van der Waals surface area contributed by atoms with Crippen LogP contribution < -0.4 is 20.3 Å². The van der Waals surface area contributed by atoms with Crippen LogP contribution in [-0.4, -0.2) is 54.6 Å². The van der Waals surface area contributed by atoms with Gasteiger partial charge in [-0.1, -0.05) is 31.5 Å². The smallest absolute Gasteiger partial charge is 0.289 e. The minimum absolute atomic E-state index is 0.110. The first kappa shape index (κ1) is 26.5. The molecular formula is C27H29ClN4O4S. The molecule has 0 aliphatic carbocycles. The van der Waals surface area contributed by atoms with Gasteiger partial charge >= 0.3 is 0 Å². The predicted octanol–water partition coefficient (Wildman–Crippen LogP) is 5.06. The van der Waals surface area contributed by atoms with Crippen LogP contribution in [0.25, 0.3) is 0 Å². The summed E-state index contributed by atoms with van der Waals surface area (Å²) < 4.78 is 10.9. The van der Waals surface area contributed by atoms with Gasteiger partial charge in [0.15, 0.2) is 10.9 Å². The summed E-state index contributed by atoms with van der Waals surface area (Å²) in [6.45, 7) is 7.12. The lowest BCUT2D eigenvalue weighted by molar-refractivity contribution is 0.0714. The highest BCUT2D eigenvalue weighted by Crippen LogP contribution is 2.30. The van der Waals surface area contributed by atoms with Crippen molar-refractivity contribution in [2.75, 3.05) is 43.0 Å². The third-order valence-corrected chi connectivity index (χ3v) is 6.26. The molecule has 0 unspecified atom stereocenters. The van der Waals surface area contributed by atoms with Gasteiger partial charge in [-0.15, -0.1) is 0 Å². The zero-order chi connectivity index (χ0) is 26.4. The Labute approximate surface area is 226 Å². The summed E-state index contributed by atoms with van der Waals surface area (Å²) in [6.07, 6.45) is 1.50. The molecule has 8 nitrogen and oxygen atoms in total. The lowest BCUT2D eigenvalue weighted by Gasteiger charge is -2.36. The SMILES string of the molecule is CC(C)COc1cccc(C(=O)NC(=S)Nc2ccc(N3CCN(C(=O)c4ccco4)CC3)c(Cl)c2)c1. The average Bonchev–Trinajstić information content (AvgIpc) is 3.42. The van der Waals surface area contributed by atoms with Crippen molar-refractivity contribution in [3.63, 3.8) is 0 Å². The molecule has 0 saturated carbocycles. The number of hydrogen-bond donors (Lipinski definition) is 2. The lowest BCUT2D eigenvalue weighted by atomic mass is 10.2. The predicted molar refractivity (Wildman–Crippen MR) is 149 cm³/mol. The van der Waals surface area contributed by atoms with Crippen molar-refractivity contribution in [2.24, 2.45) is 5.92 Å². The van der Waals surface area contributed by atoms with Gasteiger partial charge in [-0.3, -0.25) is 14.9 Å². The van der Waals surface area contributed by atoms with Gasteiger partial charge in [0.25, 0.3) is 11.8 Å². The Morgan fingerprint density at radius 2 is 1.86 bits per heavy atom. The Morgan fingerprint density at radius 1 is 1.08 bits per heavy atom. The number of rotatable bonds is 7. The van der Waals surface area contributed by atoms with E-state index >= 15 is 0 Å². The summed E-state index contributed by atoms with van der Waals surface area (Å²) in [6, 6.07) is 15.9. The summed E-state index contributed by atoms with van der Waals surface area (Å²) in [4.78, 5) is 29.0. The fraction of sp³-hybridized carbons (Fsp3) is 0.296. The molecule has 1 aliphatic rings. The van der Waals surface area contributed by atoms with Crippen LogP contribution in [0.3, 0.4) is 0 Å². The first-order valence-corrected chi connectivity index (χ1v) is 12.8. The Bertz CT molecular complexity index is 1260. The summed E-state index contributed by atoms with van der Waals surface area (Å²) in [7, 11) is 0. The molecule has 37 heavy (non-hydrogen) atoms. The van der Waals surface area contributed by atoms with E-state index in [4.69, 9.17) is 33.0 Å². The van der Waals surface area contributed by atoms with Gasteiger partial charge in [-0.25, -0.2) is 0 Å². The van der Waals surface area contributed by atoms with Gasteiger partial charge in [0, 0.05) is 37.4 Å². The lowest BCUT2D eigenvalue weighted by Crippen LogP contribution is -2.48. The van der Waals surface area contributed by atoms with Crippen LogP contribution >= 0.6 is 23.8 Å². The van der Waals surface area contributed by atoms with Crippen LogP contribution in [0, 0.1) is 5.92 Å². The highest BCUT2D eigenvalue weighted by Gasteiger charge is 2.24. The molecule has 0 spiro atoms. The zero-order valence-electron chi connectivity index (χ0n) is 20.7. The number of hydrogen-bond acceptors (Lipinski definition) is 6. The van der Waals surface area contributed by atoms with E-state index in [1.807, 2.05) is 18.2 Å². The topological polar surface area (TPSA) is 87.0 Å². The minimum Gasteiger partial charge on any atom is -0.493 e. The third kappa shape index (κ3) is 7.02. The molecule has 4 rings (SSSR count). The first-order chi connectivity index (χ1) is 17.8. The molecule has 10 heteroatoms. The van der Waals surface area contributed by atoms with Crippen molar-refractivity contribution in [3.05, 3.63) is 77.2 Å². The number of anilines is 2. The van der Waals surface area contributed by atoms with E-state index in [9.17, 15) is 9.59 Å². The second-order valence-electron chi connectivity index (χ2n) is 9.06. The highest BCUT2D eigenvalue weighted by molar-refractivity contribution is 7.80. The van der Waals surface area contributed by atoms with Crippen LogP contribution in [0.5, 0.6) is 5.75 Å². The number of nitrogens with one attached hydrogen (secondary N) is 2. The van der Waals surface area contributed by atoms with Gasteiger partial charge in [0.2, 0.25) is 0 Å².